The van der Waals surface area contributed by atoms with Crippen molar-refractivity contribution in [3.63, 3.8) is 0 Å². The summed E-state index contributed by atoms with van der Waals surface area (Å²) >= 11 is 3.11. The summed E-state index contributed by atoms with van der Waals surface area (Å²) < 4.78 is 64.1. The Kier molecular flexibility index (Phi) is 4.44. The van der Waals surface area contributed by atoms with Crippen molar-refractivity contribution >= 4 is 32.0 Å². The van der Waals surface area contributed by atoms with E-state index < -0.39 is 27.3 Å². The zero-order chi connectivity index (χ0) is 16.7. The van der Waals surface area contributed by atoms with E-state index in [4.69, 9.17) is 5.11 Å². The molecule has 1 aliphatic carbocycles. The number of fused-ring (bicyclic) bond motifs is 1. The van der Waals surface area contributed by atoms with Gasteiger partial charge in [-0.2, -0.15) is 21.6 Å². The highest BCUT2D eigenvalue weighted by Gasteiger charge is 2.49. The molecule has 0 aromatic heterocycles. The van der Waals surface area contributed by atoms with Crippen LogP contribution in [-0.2, 0) is 23.0 Å². The monoisotopic (exact) mass is 402 g/mol. The van der Waals surface area contributed by atoms with E-state index in [2.05, 4.69) is 20.1 Å². The van der Waals surface area contributed by atoms with Gasteiger partial charge in [-0.3, -0.25) is 0 Å². The Morgan fingerprint density at radius 2 is 1.77 bits per heavy atom. The largest absolute Gasteiger partial charge is 0.534 e. The molecular formula is C12H10BrF3O5S. The summed E-state index contributed by atoms with van der Waals surface area (Å²) in [6.07, 6.45) is 2.12. The summed E-state index contributed by atoms with van der Waals surface area (Å²) in [7, 11) is -5.85. The Balaban J connectivity index is 2.61. The molecule has 10 heteroatoms. The van der Waals surface area contributed by atoms with Crippen molar-refractivity contribution in [3.05, 3.63) is 27.2 Å². The zero-order valence-corrected chi connectivity index (χ0v) is 13.3. The number of carboxylic acids is 1. The highest BCUT2D eigenvalue weighted by molar-refractivity contribution is 9.10. The highest BCUT2D eigenvalue weighted by Crippen LogP contribution is 2.39. The van der Waals surface area contributed by atoms with E-state index in [1.54, 1.807) is 0 Å². The van der Waals surface area contributed by atoms with Gasteiger partial charge in [0, 0.05) is 10.0 Å². The number of benzene rings is 1. The van der Waals surface area contributed by atoms with Gasteiger partial charge >= 0.3 is 21.6 Å². The fraction of sp³-hybridized carbons (Fsp3) is 0.417. The number of aromatic carboxylic acids is 1. The van der Waals surface area contributed by atoms with Crippen LogP contribution in [-0.4, -0.2) is 25.0 Å². The molecule has 5 nitrogen and oxygen atoms in total. The third-order valence-electron chi connectivity index (χ3n) is 3.26. The Labute approximate surface area is 132 Å². The van der Waals surface area contributed by atoms with Gasteiger partial charge in [0.15, 0.2) is 0 Å². The Bertz CT molecular complexity index is 727. The molecule has 0 unspecified atom stereocenters. The van der Waals surface area contributed by atoms with Crippen molar-refractivity contribution in [2.75, 3.05) is 0 Å². The van der Waals surface area contributed by atoms with Crippen LogP contribution in [0.3, 0.4) is 0 Å². The second kappa shape index (κ2) is 5.73. The van der Waals surface area contributed by atoms with Crippen molar-refractivity contribution in [3.8, 4) is 5.75 Å². The third kappa shape index (κ3) is 3.07. The summed E-state index contributed by atoms with van der Waals surface area (Å²) in [4.78, 5) is 11.2. The van der Waals surface area contributed by atoms with E-state index in [9.17, 15) is 26.4 Å². The lowest BCUT2D eigenvalue weighted by Gasteiger charge is -2.22. The molecule has 0 saturated heterocycles. The number of hydrogen-bond donors (Lipinski definition) is 1. The second-order valence-corrected chi connectivity index (χ2v) is 7.02. The summed E-state index contributed by atoms with van der Waals surface area (Å²) in [6, 6.07) is 0.805. The first kappa shape index (κ1) is 17.1. The number of carbonyl (C=O) groups is 1. The molecule has 0 aliphatic heterocycles. The molecule has 0 radical (unpaired) electrons. The molecular weight excluding hydrogens is 393 g/mol. The van der Waals surface area contributed by atoms with E-state index in [1.165, 1.54) is 0 Å². The van der Waals surface area contributed by atoms with Crippen LogP contribution in [0.15, 0.2) is 10.5 Å². The number of alkyl halides is 3. The van der Waals surface area contributed by atoms with Gasteiger partial charge < -0.3 is 9.29 Å². The fourth-order valence-electron chi connectivity index (χ4n) is 2.26. The van der Waals surface area contributed by atoms with Gasteiger partial charge in [-0.15, -0.1) is 0 Å². The topological polar surface area (TPSA) is 80.7 Å². The molecule has 1 N–H and O–H groups in total. The Hall–Kier alpha value is -1.29. The van der Waals surface area contributed by atoms with E-state index in [1.807, 2.05) is 0 Å². The minimum atomic E-state index is -5.85. The quantitative estimate of drug-likeness (QED) is 0.619. The van der Waals surface area contributed by atoms with Gasteiger partial charge in [-0.25, -0.2) is 4.79 Å². The zero-order valence-electron chi connectivity index (χ0n) is 10.9. The first-order chi connectivity index (χ1) is 10.0. The third-order valence-corrected chi connectivity index (χ3v) is 5.13. The van der Waals surface area contributed by atoms with Crippen LogP contribution in [0.4, 0.5) is 13.2 Å². The first-order valence-corrected chi connectivity index (χ1v) is 8.33. The van der Waals surface area contributed by atoms with Crippen LogP contribution >= 0.6 is 15.9 Å². The lowest BCUT2D eigenvalue weighted by molar-refractivity contribution is -0.0500. The van der Waals surface area contributed by atoms with Crippen molar-refractivity contribution in [2.24, 2.45) is 0 Å². The molecule has 0 amide bonds. The van der Waals surface area contributed by atoms with Crippen LogP contribution in [0, 0.1) is 0 Å². The average Bonchev–Trinajstić information content (AvgIpc) is 2.40. The SMILES string of the molecule is O=C(O)c1cc(OS(=O)(=O)C(F)(F)F)c2c(c1Br)CCCC2. The van der Waals surface area contributed by atoms with E-state index in [0.717, 1.165) is 12.5 Å². The predicted octanol–water partition coefficient (Wildman–Crippen LogP) is 3.25. The molecule has 1 aliphatic rings. The minimum Gasteiger partial charge on any atom is -0.478 e. The highest BCUT2D eigenvalue weighted by atomic mass is 79.9. The van der Waals surface area contributed by atoms with E-state index in [-0.39, 0.29) is 15.6 Å². The summed E-state index contributed by atoms with van der Waals surface area (Å²) in [5.74, 6) is -1.97. The first-order valence-electron chi connectivity index (χ1n) is 6.13. The van der Waals surface area contributed by atoms with Gasteiger partial charge in [0.05, 0.1) is 5.56 Å². The Morgan fingerprint density at radius 3 is 2.27 bits per heavy atom. The lowest BCUT2D eigenvalue weighted by Crippen LogP contribution is -2.29. The predicted molar refractivity (Wildman–Crippen MR) is 73.3 cm³/mol. The molecule has 0 saturated carbocycles. The minimum absolute atomic E-state index is 0.242. The van der Waals surface area contributed by atoms with Crippen LogP contribution in [0.1, 0.15) is 34.3 Å². The van der Waals surface area contributed by atoms with Crippen molar-refractivity contribution in [2.45, 2.75) is 31.2 Å². The van der Waals surface area contributed by atoms with Crippen LogP contribution in [0.5, 0.6) is 5.75 Å². The molecule has 0 heterocycles. The van der Waals surface area contributed by atoms with Gasteiger partial charge in [0.25, 0.3) is 0 Å². The molecule has 2 rings (SSSR count). The van der Waals surface area contributed by atoms with Crippen LogP contribution in [0.25, 0.3) is 0 Å². The molecule has 1 aromatic rings. The standard InChI is InChI=1S/C12H10BrF3O5S/c13-10-7-4-2-1-3-6(7)9(5-8(10)11(17)18)21-22(19,20)12(14,15)16/h5H,1-4H2,(H,17,18). The van der Waals surface area contributed by atoms with Gasteiger partial charge in [-0.1, -0.05) is 0 Å². The number of carboxylic acid groups (broad SMARTS) is 1. The maximum atomic E-state index is 12.5. The average molecular weight is 403 g/mol. The molecule has 0 fully saturated rings. The van der Waals surface area contributed by atoms with Crippen molar-refractivity contribution < 1.29 is 35.7 Å². The van der Waals surface area contributed by atoms with Crippen molar-refractivity contribution in [1.29, 1.82) is 0 Å². The van der Waals surface area contributed by atoms with Crippen molar-refractivity contribution in [1.82, 2.24) is 0 Å². The van der Waals surface area contributed by atoms with Gasteiger partial charge in [0.1, 0.15) is 5.75 Å². The normalized spacial score (nSPS) is 15.3. The maximum Gasteiger partial charge on any atom is 0.534 e. The van der Waals surface area contributed by atoms with Gasteiger partial charge in [0.2, 0.25) is 0 Å². The second-order valence-electron chi connectivity index (χ2n) is 4.69. The maximum absolute atomic E-state index is 12.5. The number of hydrogen-bond acceptors (Lipinski definition) is 4. The molecule has 0 spiro atoms. The Morgan fingerprint density at radius 1 is 1.23 bits per heavy atom. The summed E-state index contributed by atoms with van der Waals surface area (Å²) in [5.41, 5.74) is -5.16. The molecule has 1 aromatic carbocycles. The van der Waals surface area contributed by atoms with Crippen LogP contribution in [0.2, 0.25) is 0 Å². The summed E-state index contributed by atoms with van der Waals surface area (Å²) in [5, 5.41) is 9.09. The molecule has 122 valence electrons. The van der Waals surface area contributed by atoms with Crippen LogP contribution < -0.4 is 4.18 Å². The van der Waals surface area contributed by atoms with Gasteiger partial charge in [-0.05, 0) is 53.2 Å². The molecule has 0 atom stereocenters. The number of rotatable bonds is 3. The van der Waals surface area contributed by atoms with E-state index in [0.29, 0.717) is 24.8 Å². The summed E-state index contributed by atoms with van der Waals surface area (Å²) in [6.45, 7) is 0. The smallest absolute Gasteiger partial charge is 0.478 e. The fourth-order valence-corrected chi connectivity index (χ4v) is 3.46. The van der Waals surface area contributed by atoms with E-state index >= 15 is 0 Å². The molecule has 0 bridgehead atoms. The molecule has 22 heavy (non-hydrogen) atoms. The number of halogens is 4. The lowest BCUT2D eigenvalue weighted by atomic mass is 9.89.